The molecule has 166 valence electrons. The lowest BCUT2D eigenvalue weighted by molar-refractivity contribution is 0.0347. The van der Waals surface area contributed by atoms with Crippen molar-refractivity contribution in [3.63, 3.8) is 0 Å². The van der Waals surface area contributed by atoms with Gasteiger partial charge < -0.3 is 19.4 Å². The Hall–Kier alpha value is -2.26. The second-order valence-electron chi connectivity index (χ2n) is 7.98. The predicted octanol–water partition coefficient (Wildman–Crippen LogP) is 4.41. The molecule has 2 saturated heterocycles. The first kappa shape index (κ1) is 21.6. The smallest absolute Gasteiger partial charge is 0.170 e. The molecular weight excluding hydrogens is 488 g/mol. The highest BCUT2D eigenvalue weighted by atomic mass is 79.9. The van der Waals surface area contributed by atoms with Crippen molar-refractivity contribution in [2.75, 3.05) is 39.4 Å². The van der Waals surface area contributed by atoms with Crippen LogP contribution in [-0.4, -0.2) is 59.3 Å². The van der Waals surface area contributed by atoms with Gasteiger partial charge in [-0.2, -0.15) is 0 Å². The first-order valence-electron chi connectivity index (χ1n) is 10.8. The molecule has 0 saturated carbocycles. The van der Waals surface area contributed by atoms with Crippen LogP contribution in [0.2, 0.25) is 0 Å². The van der Waals surface area contributed by atoms with Crippen molar-refractivity contribution >= 4 is 33.3 Å². The number of hydrogen-bond acceptors (Lipinski definition) is 5. The van der Waals surface area contributed by atoms with Crippen LogP contribution in [0, 0.1) is 0 Å². The largest absolute Gasteiger partial charge is 0.459 e. The maximum atomic E-state index is 6.40. The number of furan rings is 1. The van der Waals surface area contributed by atoms with Gasteiger partial charge in [0.2, 0.25) is 0 Å². The van der Waals surface area contributed by atoms with Crippen molar-refractivity contribution in [1.82, 2.24) is 20.1 Å². The van der Waals surface area contributed by atoms with Crippen LogP contribution in [-0.2, 0) is 4.74 Å². The Morgan fingerprint density at radius 3 is 2.59 bits per heavy atom. The van der Waals surface area contributed by atoms with E-state index in [2.05, 4.69) is 54.2 Å². The average Bonchev–Trinajstić information content (AvgIpc) is 3.44. The molecule has 2 aliphatic heterocycles. The Bertz CT molecular complexity index is 1050. The fourth-order valence-corrected chi connectivity index (χ4v) is 4.91. The van der Waals surface area contributed by atoms with Gasteiger partial charge in [-0.1, -0.05) is 34.1 Å². The summed E-state index contributed by atoms with van der Waals surface area (Å²) in [6.07, 6.45) is 1.82. The molecule has 1 N–H and O–H groups in total. The summed E-state index contributed by atoms with van der Waals surface area (Å²) in [6, 6.07) is 18.1. The fourth-order valence-electron chi connectivity index (χ4n) is 4.31. The van der Waals surface area contributed by atoms with Crippen LogP contribution >= 0.6 is 28.1 Å². The van der Waals surface area contributed by atoms with E-state index in [4.69, 9.17) is 21.4 Å². The maximum Gasteiger partial charge on any atom is 0.170 e. The molecule has 0 unspecified atom stereocenters. The van der Waals surface area contributed by atoms with Crippen LogP contribution in [0.3, 0.4) is 0 Å². The lowest BCUT2D eigenvalue weighted by Crippen LogP contribution is -2.42. The van der Waals surface area contributed by atoms with Gasteiger partial charge in [-0.25, -0.2) is 0 Å². The zero-order valence-corrected chi connectivity index (χ0v) is 20.0. The Morgan fingerprint density at radius 2 is 1.84 bits per heavy atom. The standard InChI is InChI=1S/C24H25BrN4O2S/c25-18-6-4-17(5-7-18)20-8-9-21(31-20)23-22(19-3-1-2-10-26-19)27-24(32)29(23)12-11-28-13-15-30-16-14-28/h1-10,22-23H,11-16H2,(H,27,32)/t22-,23+/m1/s1. The van der Waals surface area contributed by atoms with Crippen LogP contribution < -0.4 is 5.32 Å². The highest BCUT2D eigenvalue weighted by Gasteiger charge is 2.41. The summed E-state index contributed by atoms with van der Waals surface area (Å²) in [5.41, 5.74) is 2.00. The number of rotatable bonds is 6. The van der Waals surface area contributed by atoms with E-state index in [1.165, 1.54) is 0 Å². The van der Waals surface area contributed by atoms with Gasteiger partial charge in [-0.05, 0) is 48.6 Å². The molecule has 6 nitrogen and oxygen atoms in total. The van der Waals surface area contributed by atoms with E-state index in [-0.39, 0.29) is 12.1 Å². The molecular formula is C24H25BrN4O2S. The zero-order valence-electron chi connectivity index (χ0n) is 17.6. The Balaban J connectivity index is 1.43. The van der Waals surface area contributed by atoms with Crippen molar-refractivity contribution in [3.05, 3.63) is 76.7 Å². The summed E-state index contributed by atoms with van der Waals surface area (Å²) in [5.74, 6) is 1.73. The van der Waals surface area contributed by atoms with Gasteiger partial charge in [0, 0.05) is 42.4 Å². The predicted molar refractivity (Wildman–Crippen MR) is 131 cm³/mol. The molecule has 32 heavy (non-hydrogen) atoms. The Kier molecular flexibility index (Phi) is 6.54. The van der Waals surface area contributed by atoms with Crippen molar-refractivity contribution in [2.24, 2.45) is 0 Å². The quantitative estimate of drug-likeness (QED) is 0.491. The third-order valence-corrected chi connectivity index (χ3v) is 6.89. The van der Waals surface area contributed by atoms with Crippen molar-refractivity contribution in [2.45, 2.75) is 12.1 Å². The number of aromatic nitrogens is 1. The third kappa shape index (κ3) is 4.59. The highest BCUT2D eigenvalue weighted by molar-refractivity contribution is 9.10. The third-order valence-electron chi connectivity index (χ3n) is 6.01. The van der Waals surface area contributed by atoms with Crippen LogP contribution in [0.15, 0.2) is 69.7 Å². The fraction of sp³-hybridized carbons (Fsp3) is 0.333. The van der Waals surface area contributed by atoms with Crippen LogP contribution in [0.25, 0.3) is 11.3 Å². The molecule has 2 atom stereocenters. The van der Waals surface area contributed by atoms with Gasteiger partial charge in [0.1, 0.15) is 17.6 Å². The Morgan fingerprint density at radius 1 is 1.03 bits per heavy atom. The number of benzene rings is 1. The molecule has 0 aliphatic carbocycles. The number of thiocarbonyl (C=S) groups is 1. The number of nitrogens with zero attached hydrogens (tertiary/aromatic N) is 3. The second kappa shape index (κ2) is 9.70. The van der Waals surface area contributed by atoms with E-state index in [1.54, 1.807) is 0 Å². The molecule has 4 heterocycles. The minimum atomic E-state index is -0.0719. The van der Waals surface area contributed by atoms with Gasteiger partial charge in [-0.3, -0.25) is 9.88 Å². The number of pyridine rings is 1. The SMILES string of the molecule is S=C1N[C@H](c2ccccn2)[C@H](c2ccc(-c3ccc(Br)cc3)o2)N1CCN1CCOCC1. The molecule has 1 aromatic carbocycles. The summed E-state index contributed by atoms with van der Waals surface area (Å²) in [4.78, 5) is 9.28. The first-order valence-corrected chi connectivity index (χ1v) is 12.0. The molecule has 0 spiro atoms. The molecule has 3 aromatic rings. The van der Waals surface area contributed by atoms with Crippen LogP contribution in [0.5, 0.6) is 0 Å². The monoisotopic (exact) mass is 512 g/mol. The second-order valence-corrected chi connectivity index (χ2v) is 9.29. The minimum absolute atomic E-state index is 0.0670. The normalized spacial score (nSPS) is 21.7. The van der Waals surface area contributed by atoms with Crippen LogP contribution in [0.1, 0.15) is 23.5 Å². The lowest BCUT2D eigenvalue weighted by Gasteiger charge is -2.31. The van der Waals surface area contributed by atoms with Gasteiger partial charge in [0.05, 0.1) is 24.9 Å². The molecule has 0 amide bonds. The van der Waals surface area contributed by atoms with E-state index in [0.717, 1.165) is 71.8 Å². The Labute approximate surface area is 201 Å². The summed E-state index contributed by atoms with van der Waals surface area (Å²) in [6.45, 7) is 5.23. The molecule has 0 bridgehead atoms. The van der Waals surface area contributed by atoms with Gasteiger partial charge in [-0.15, -0.1) is 0 Å². The highest BCUT2D eigenvalue weighted by Crippen LogP contribution is 2.40. The maximum absolute atomic E-state index is 6.40. The summed E-state index contributed by atoms with van der Waals surface area (Å²) in [5, 5.41) is 4.24. The molecule has 2 aliphatic rings. The summed E-state index contributed by atoms with van der Waals surface area (Å²) < 4.78 is 12.9. The first-order chi connectivity index (χ1) is 15.7. The van der Waals surface area contributed by atoms with E-state index in [9.17, 15) is 0 Å². The average molecular weight is 513 g/mol. The molecule has 2 fully saturated rings. The number of hydrogen-bond donors (Lipinski definition) is 1. The van der Waals surface area contributed by atoms with E-state index in [1.807, 2.05) is 42.6 Å². The number of morpholine rings is 1. The molecule has 8 heteroatoms. The number of nitrogens with one attached hydrogen (secondary N) is 1. The topological polar surface area (TPSA) is 53.8 Å². The zero-order chi connectivity index (χ0) is 21.9. The number of halogens is 1. The number of ether oxygens (including phenoxy) is 1. The summed E-state index contributed by atoms with van der Waals surface area (Å²) in [7, 11) is 0. The van der Waals surface area contributed by atoms with Crippen molar-refractivity contribution < 1.29 is 9.15 Å². The van der Waals surface area contributed by atoms with Gasteiger partial charge in [0.25, 0.3) is 0 Å². The molecule has 0 radical (unpaired) electrons. The van der Waals surface area contributed by atoms with Crippen molar-refractivity contribution in [1.29, 1.82) is 0 Å². The van der Waals surface area contributed by atoms with E-state index >= 15 is 0 Å². The van der Waals surface area contributed by atoms with Gasteiger partial charge >= 0.3 is 0 Å². The van der Waals surface area contributed by atoms with E-state index < -0.39 is 0 Å². The minimum Gasteiger partial charge on any atom is -0.459 e. The lowest BCUT2D eigenvalue weighted by atomic mass is 10.0. The molecule has 2 aromatic heterocycles. The van der Waals surface area contributed by atoms with Crippen LogP contribution in [0.4, 0.5) is 0 Å². The van der Waals surface area contributed by atoms with Crippen molar-refractivity contribution in [3.8, 4) is 11.3 Å². The van der Waals surface area contributed by atoms with Gasteiger partial charge in [0.15, 0.2) is 5.11 Å². The molecule has 5 rings (SSSR count). The van der Waals surface area contributed by atoms with E-state index in [0.29, 0.717) is 0 Å². The summed E-state index contributed by atoms with van der Waals surface area (Å²) >= 11 is 9.27.